The molecule has 0 unspecified atom stereocenters. The van der Waals surface area contributed by atoms with Gasteiger partial charge in [-0.2, -0.15) is 0 Å². The molecular weight excluding hydrogens is 456 g/mol. The van der Waals surface area contributed by atoms with Gasteiger partial charge in [-0.05, 0) is 42.7 Å². The van der Waals surface area contributed by atoms with Crippen LogP contribution >= 0.6 is 22.9 Å². The lowest BCUT2D eigenvalue weighted by molar-refractivity contribution is -0.116. The van der Waals surface area contributed by atoms with Crippen molar-refractivity contribution in [2.45, 2.75) is 26.2 Å². The van der Waals surface area contributed by atoms with E-state index in [2.05, 4.69) is 15.5 Å². The molecule has 1 N–H and O–H groups in total. The Bertz CT molecular complexity index is 1130. The summed E-state index contributed by atoms with van der Waals surface area (Å²) in [5, 5.41) is 12.5. The van der Waals surface area contributed by atoms with Crippen LogP contribution in [0.3, 0.4) is 0 Å². The van der Waals surface area contributed by atoms with Crippen molar-refractivity contribution in [3.05, 3.63) is 59.1 Å². The molecule has 0 saturated heterocycles. The fourth-order valence-electron chi connectivity index (χ4n) is 2.93. The van der Waals surface area contributed by atoms with Gasteiger partial charge in [0, 0.05) is 23.6 Å². The number of sulfonamides is 1. The van der Waals surface area contributed by atoms with Gasteiger partial charge in [0.2, 0.25) is 21.1 Å². The third-order valence-corrected chi connectivity index (χ3v) is 6.89. The van der Waals surface area contributed by atoms with Crippen LogP contribution in [0.1, 0.15) is 25.3 Å². The molecule has 0 atom stereocenters. The molecule has 0 bridgehead atoms. The van der Waals surface area contributed by atoms with Crippen molar-refractivity contribution in [2.24, 2.45) is 0 Å². The minimum Gasteiger partial charge on any atom is -0.301 e. The predicted octanol–water partition coefficient (Wildman–Crippen LogP) is 4.61. The molecule has 0 saturated carbocycles. The van der Waals surface area contributed by atoms with E-state index in [1.165, 1.54) is 21.9 Å². The first-order chi connectivity index (χ1) is 14.8. The van der Waals surface area contributed by atoms with Crippen LogP contribution in [0.5, 0.6) is 0 Å². The third-order valence-electron chi connectivity index (χ3n) is 4.56. The number of nitrogens with one attached hydrogen (secondary N) is 1. The molecule has 164 valence electrons. The van der Waals surface area contributed by atoms with Crippen molar-refractivity contribution in [3.63, 3.8) is 0 Å². The zero-order valence-corrected chi connectivity index (χ0v) is 19.6. The van der Waals surface area contributed by atoms with Crippen LogP contribution < -0.4 is 9.62 Å². The van der Waals surface area contributed by atoms with Gasteiger partial charge in [0.1, 0.15) is 5.01 Å². The van der Waals surface area contributed by atoms with Gasteiger partial charge in [-0.15, -0.1) is 10.2 Å². The third kappa shape index (κ3) is 6.49. The standard InChI is InChI=1S/C21H23ClN4O3S2/c1-3-15-6-12-18(13-7-15)26(31(2,28)29)14-4-5-19(27)23-21-25-24-20(30-21)16-8-10-17(22)11-9-16/h6-13H,3-5,14H2,1-2H3,(H,23,25,27). The number of halogens is 1. The smallest absolute Gasteiger partial charge is 0.232 e. The minimum absolute atomic E-state index is 0.162. The zero-order chi connectivity index (χ0) is 22.4. The highest BCUT2D eigenvalue weighted by Gasteiger charge is 2.18. The largest absolute Gasteiger partial charge is 0.301 e. The van der Waals surface area contributed by atoms with Crippen molar-refractivity contribution in [1.82, 2.24) is 10.2 Å². The second-order valence-electron chi connectivity index (χ2n) is 6.93. The highest BCUT2D eigenvalue weighted by Crippen LogP contribution is 2.27. The molecule has 31 heavy (non-hydrogen) atoms. The normalized spacial score (nSPS) is 11.3. The Morgan fingerprint density at radius 1 is 1.10 bits per heavy atom. The van der Waals surface area contributed by atoms with E-state index in [9.17, 15) is 13.2 Å². The molecule has 3 rings (SSSR count). The lowest BCUT2D eigenvalue weighted by Crippen LogP contribution is -2.31. The summed E-state index contributed by atoms with van der Waals surface area (Å²) in [7, 11) is -3.45. The van der Waals surface area contributed by atoms with E-state index in [0.717, 1.165) is 17.5 Å². The average Bonchev–Trinajstić information content (AvgIpc) is 3.19. The number of nitrogens with zero attached hydrogens (tertiary/aromatic N) is 3. The molecule has 0 aliphatic rings. The Labute approximate surface area is 191 Å². The number of benzene rings is 2. The molecule has 0 fully saturated rings. The summed E-state index contributed by atoms with van der Waals surface area (Å²) in [4.78, 5) is 12.3. The number of carbonyl (C=O) groups is 1. The number of amides is 1. The van der Waals surface area contributed by atoms with Gasteiger partial charge in [-0.3, -0.25) is 9.10 Å². The number of aromatic nitrogens is 2. The summed E-state index contributed by atoms with van der Waals surface area (Å²) < 4.78 is 25.7. The van der Waals surface area contributed by atoms with E-state index in [-0.39, 0.29) is 18.9 Å². The van der Waals surface area contributed by atoms with Crippen LogP contribution in [-0.2, 0) is 21.2 Å². The maximum absolute atomic E-state index is 12.3. The van der Waals surface area contributed by atoms with Gasteiger partial charge < -0.3 is 5.32 Å². The van der Waals surface area contributed by atoms with Crippen LogP contribution in [0, 0.1) is 0 Å². The quantitative estimate of drug-likeness (QED) is 0.485. The average molecular weight is 479 g/mol. The second-order valence-corrected chi connectivity index (χ2v) is 10.2. The van der Waals surface area contributed by atoms with Crippen molar-refractivity contribution < 1.29 is 13.2 Å². The summed E-state index contributed by atoms with van der Waals surface area (Å²) in [6.07, 6.45) is 2.58. The van der Waals surface area contributed by atoms with Gasteiger partial charge in [0.25, 0.3) is 0 Å². The molecule has 7 nitrogen and oxygen atoms in total. The Kier molecular flexibility index (Phi) is 7.64. The highest BCUT2D eigenvalue weighted by atomic mass is 35.5. The van der Waals surface area contributed by atoms with E-state index in [1.807, 2.05) is 31.2 Å². The first-order valence-corrected chi connectivity index (χ1v) is 12.8. The van der Waals surface area contributed by atoms with Crippen LogP contribution in [-0.4, -0.2) is 37.3 Å². The fraction of sp³-hybridized carbons (Fsp3) is 0.286. The summed E-state index contributed by atoms with van der Waals surface area (Å²) in [6.45, 7) is 2.25. The molecule has 1 aromatic heterocycles. The Morgan fingerprint density at radius 3 is 2.39 bits per heavy atom. The number of rotatable bonds is 9. The second kappa shape index (κ2) is 10.2. The maximum atomic E-state index is 12.3. The topological polar surface area (TPSA) is 92.3 Å². The zero-order valence-electron chi connectivity index (χ0n) is 17.2. The SMILES string of the molecule is CCc1ccc(N(CCCC(=O)Nc2nnc(-c3ccc(Cl)cc3)s2)S(C)(=O)=O)cc1. The van der Waals surface area contributed by atoms with Crippen LogP contribution in [0.25, 0.3) is 10.6 Å². The number of carbonyl (C=O) groups excluding carboxylic acids is 1. The van der Waals surface area contributed by atoms with Gasteiger partial charge >= 0.3 is 0 Å². The Hall–Kier alpha value is -2.49. The van der Waals surface area contributed by atoms with Crippen molar-refractivity contribution in [1.29, 1.82) is 0 Å². The van der Waals surface area contributed by atoms with Crippen LogP contribution in [0.15, 0.2) is 48.5 Å². The van der Waals surface area contributed by atoms with E-state index < -0.39 is 10.0 Å². The molecule has 1 heterocycles. The minimum atomic E-state index is -3.45. The van der Waals surface area contributed by atoms with E-state index in [1.54, 1.807) is 24.3 Å². The maximum Gasteiger partial charge on any atom is 0.232 e. The summed E-state index contributed by atoms with van der Waals surface area (Å²) >= 11 is 7.15. The lowest BCUT2D eigenvalue weighted by atomic mass is 10.1. The molecule has 0 spiro atoms. The van der Waals surface area contributed by atoms with E-state index in [0.29, 0.717) is 27.3 Å². The summed E-state index contributed by atoms with van der Waals surface area (Å²) in [6, 6.07) is 14.6. The van der Waals surface area contributed by atoms with Gasteiger partial charge in [-0.1, -0.05) is 54.1 Å². The highest BCUT2D eigenvalue weighted by molar-refractivity contribution is 7.92. The first-order valence-electron chi connectivity index (χ1n) is 9.72. The molecule has 3 aromatic rings. The number of aryl methyl sites for hydroxylation is 1. The lowest BCUT2D eigenvalue weighted by Gasteiger charge is -2.22. The summed E-state index contributed by atoms with van der Waals surface area (Å²) in [5.74, 6) is -0.242. The fourth-order valence-corrected chi connectivity index (χ4v) is 4.79. The first kappa shape index (κ1) is 23.2. The van der Waals surface area contributed by atoms with Crippen molar-refractivity contribution in [3.8, 4) is 10.6 Å². The van der Waals surface area contributed by atoms with Crippen molar-refractivity contribution >= 4 is 49.7 Å². The molecule has 0 aliphatic carbocycles. The number of anilines is 2. The molecule has 10 heteroatoms. The monoisotopic (exact) mass is 478 g/mol. The molecule has 2 aromatic carbocycles. The van der Waals surface area contributed by atoms with Crippen molar-refractivity contribution in [2.75, 3.05) is 22.4 Å². The Morgan fingerprint density at radius 2 is 1.77 bits per heavy atom. The molecule has 0 aliphatic heterocycles. The predicted molar refractivity (Wildman–Crippen MR) is 126 cm³/mol. The van der Waals surface area contributed by atoms with Gasteiger partial charge in [-0.25, -0.2) is 8.42 Å². The summed E-state index contributed by atoms with van der Waals surface area (Å²) in [5.41, 5.74) is 2.59. The molecule has 1 amide bonds. The Balaban J connectivity index is 1.56. The molecular formula is C21H23ClN4O3S2. The van der Waals surface area contributed by atoms with Gasteiger partial charge in [0.05, 0.1) is 11.9 Å². The number of hydrogen-bond donors (Lipinski definition) is 1. The van der Waals surface area contributed by atoms with Gasteiger partial charge in [0.15, 0.2) is 0 Å². The van der Waals surface area contributed by atoms with E-state index >= 15 is 0 Å². The molecule has 0 radical (unpaired) electrons. The van der Waals surface area contributed by atoms with Crippen LogP contribution in [0.4, 0.5) is 10.8 Å². The van der Waals surface area contributed by atoms with Crippen LogP contribution in [0.2, 0.25) is 5.02 Å². The number of hydrogen-bond acceptors (Lipinski definition) is 6. The van der Waals surface area contributed by atoms with E-state index in [4.69, 9.17) is 11.6 Å².